The van der Waals surface area contributed by atoms with E-state index in [-0.39, 0.29) is 22.4 Å². The van der Waals surface area contributed by atoms with E-state index >= 15 is 0 Å². The number of rotatable bonds is 5. The number of amides is 3. The molecule has 4 rings (SSSR count). The molecule has 8 heteroatoms. The lowest BCUT2D eigenvalue weighted by Gasteiger charge is -2.18. The molecule has 0 saturated heterocycles. The van der Waals surface area contributed by atoms with Crippen molar-refractivity contribution < 1.29 is 19.5 Å². The lowest BCUT2D eigenvalue weighted by molar-refractivity contribution is -0.120. The van der Waals surface area contributed by atoms with Gasteiger partial charge in [-0.1, -0.05) is 29.8 Å². The van der Waals surface area contributed by atoms with Gasteiger partial charge in [0.1, 0.15) is 16.5 Å². The van der Waals surface area contributed by atoms with Crippen LogP contribution in [0.5, 0.6) is 5.75 Å². The van der Waals surface area contributed by atoms with E-state index in [0.29, 0.717) is 22.6 Å². The third-order valence-electron chi connectivity index (χ3n) is 5.36. The summed E-state index contributed by atoms with van der Waals surface area (Å²) in [5.41, 5.74) is 3.53. The Hall–Kier alpha value is -4.10. The number of benzene rings is 3. The van der Waals surface area contributed by atoms with Gasteiger partial charge >= 0.3 is 0 Å². The Balaban J connectivity index is 1.50. The highest BCUT2D eigenvalue weighted by molar-refractivity contribution is 6.53. The summed E-state index contributed by atoms with van der Waals surface area (Å²) in [7, 11) is 0. The summed E-state index contributed by atoms with van der Waals surface area (Å²) in [4.78, 5) is 39.2. The first kappa shape index (κ1) is 22.1. The Morgan fingerprint density at radius 2 is 1.61 bits per heavy atom. The number of nitrogens with one attached hydrogen (secondary N) is 2. The molecule has 0 fully saturated rings. The molecule has 166 valence electrons. The first-order chi connectivity index (χ1) is 15.8. The predicted octanol–water partition coefficient (Wildman–Crippen LogP) is 4.70. The van der Waals surface area contributed by atoms with E-state index in [4.69, 9.17) is 11.6 Å². The van der Waals surface area contributed by atoms with Crippen LogP contribution >= 0.6 is 11.6 Å². The van der Waals surface area contributed by atoms with Crippen molar-refractivity contribution in [1.82, 2.24) is 0 Å². The molecule has 0 aromatic heterocycles. The van der Waals surface area contributed by atoms with Gasteiger partial charge < -0.3 is 15.7 Å². The summed E-state index contributed by atoms with van der Waals surface area (Å²) in [6, 6.07) is 17.9. The molecule has 1 aliphatic heterocycles. The molecule has 3 N–H and O–H groups in total. The van der Waals surface area contributed by atoms with Gasteiger partial charge in [-0.3, -0.25) is 14.4 Å². The average Bonchev–Trinajstić information content (AvgIpc) is 2.99. The highest BCUT2D eigenvalue weighted by Gasteiger charge is 2.39. The fourth-order valence-electron chi connectivity index (χ4n) is 3.44. The zero-order valence-electron chi connectivity index (χ0n) is 17.8. The summed E-state index contributed by atoms with van der Waals surface area (Å²) < 4.78 is 0. The van der Waals surface area contributed by atoms with Gasteiger partial charge in [0.05, 0.1) is 5.69 Å². The molecular formula is C25H20ClN3O4. The maximum absolute atomic E-state index is 13.0. The van der Waals surface area contributed by atoms with Crippen LogP contribution < -0.4 is 15.5 Å². The van der Waals surface area contributed by atoms with Crippen molar-refractivity contribution in [2.45, 2.75) is 13.8 Å². The highest BCUT2D eigenvalue weighted by atomic mass is 35.5. The molecule has 3 aromatic rings. The van der Waals surface area contributed by atoms with Crippen molar-refractivity contribution in [2.75, 3.05) is 15.5 Å². The van der Waals surface area contributed by atoms with E-state index < -0.39 is 11.8 Å². The molecule has 0 spiro atoms. The van der Waals surface area contributed by atoms with Crippen LogP contribution in [0.15, 0.2) is 77.5 Å². The summed E-state index contributed by atoms with van der Waals surface area (Å²) in [5, 5.41) is 14.9. The molecule has 1 heterocycles. The fourth-order valence-corrected chi connectivity index (χ4v) is 3.66. The Labute approximate surface area is 195 Å². The van der Waals surface area contributed by atoms with E-state index in [2.05, 4.69) is 10.6 Å². The van der Waals surface area contributed by atoms with Crippen LogP contribution in [-0.4, -0.2) is 22.8 Å². The van der Waals surface area contributed by atoms with E-state index in [1.54, 1.807) is 48.5 Å². The average molecular weight is 462 g/mol. The number of nitrogens with zero attached hydrogens (tertiary/aromatic N) is 1. The topological polar surface area (TPSA) is 98.7 Å². The molecule has 0 radical (unpaired) electrons. The Bertz CT molecular complexity index is 1320. The number of carbonyl (C=O) groups is 3. The standard InChI is InChI=1S/C25H20ClN3O4/c1-14-5-3-8-20(15(14)2)29-24(32)21(26)22(25(29)33)27-17-11-9-16(10-12-17)23(31)28-18-6-4-7-19(30)13-18/h3-13,27,30H,1-2H3,(H,28,31). The number of phenolic OH excluding ortho intramolecular Hbond substituents is 1. The zero-order chi connectivity index (χ0) is 23.7. The molecule has 0 unspecified atom stereocenters. The van der Waals surface area contributed by atoms with Gasteiger partial charge in [-0.15, -0.1) is 0 Å². The molecule has 7 nitrogen and oxygen atoms in total. The molecule has 0 bridgehead atoms. The van der Waals surface area contributed by atoms with E-state index in [1.807, 2.05) is 19.9 Å². The first-order valence-corrected chi connectivity index (χ1v) is 10.5. The van der Waals surface area contributed by atoms with Gasteiger partial charge in [0.25, 0.3) is 17.7 Å². The minimum absolute atomic E-state index is 0.0282. The Kier molecular flexibility index (Phi) is 5.89. The van der Waals surface area contributed by atoms with Crippen molar-refractivity contribution >= 4 is 46.4 Å². The summed E-state index contributed by atoms with van der Waals surface area (Å²) in [5.74, 6) is -1.47. The van der Waals surface area contributed by atoms with Crippen molar-refractivity contribution in [2.24, 2.45) is 0 Å². The lowest BCUT2D eigenvalue weighted by Crippen LogP contribution is -2.33. The van der Waals surface area contributed by atoms with E-state index in [9.17, 15) is 19.5 Å². The van der Waals surface area contributed by atoms with Crippen LogP contribution in [0, 0.1) is 13.8 Å². The molecule has 3 amide bonds. The van der Waals surface area contributed by atoms with Gasteiger partial charge in [-0.25, -0.2) is 4.90 Å². The largest absolute Gasteiger partial charge is 0.508 e. The van der Waals surface area contributed by atoms with Crippen molar-refractivity contribution in [1.29, 1.82) is 0 Å². The quantitative estimate of drug-likeness (QED) is 0.478. The van der Waals surface area contributed by atoms with Crippen LogP contribution in [0.1, 0.15) is 21.5 Å². The smallest absolute Gasteiger partial charge is 0.283 e. The molecule has 1 aliphatic rings. The summed E-state index contributed by atoms with van der Waals surface area (Å²) in [6.07, 6.45) is 0. The predicted molar refractivity (Wildman–Crippen MR) is 127 cm³/mol. The summed E-state index contributed by atoms with van der Waals surface area (Å²) in [6.45, 7) is 3.74. The SMILES string of the molecule is Cc1cccc(N2C(=O)C(Cl)=C(Nc3ccc(C(=O)Nc4cccc(O)c4)cc3)C2=O)c1C. The van der Waals surface area contributed by atoms with Crippen molar-refractivity contribution in [3.05, 3.63) is 94.1 Å². The van der Waals surface area contributed by atoms with Gasteiger partial charge in [0, 0.05) is 23.0 Å². The third kappa shape index (κ3) is 4.31. The van der Waals surface area contributed by atoms with Gasteiger partial charge in [-0.05, 0) is 67.4 Å². The number of hydrogen-bond acceptors (Lipinski definition) is 5. The minimum atomic E-state index is -0.597. The molecular weight excluding hydrogens is 442 g/mol. The number of halogens is 1. The maximum Gasteiger partial charge on any atom is 0.283 e. The number of hydrogen-bond donors (Lipinski definition) is 3. The van der Waals surface area contributed by atoms with Crippen molar-refractivity contribution in [3.8, 4) is 5.75 Å². The molecule has 3 aromatic carbocycles. The first-order valence-electron chi connectivity index (χ1n) is 10.1. The number of aryl methyl sites for hydroxylation is 1. The number of aromatic hydroxyl groups is 1. The van der Waals surface area contributed by atoms with Crippen LogP contribution in [0.25, 0.3) is 0 Å². The molecule has 33 heavy (non-hydrogen) atoms. The van der Waals surface area contributed by atoms with Crippen molar-refractivity contribution in [3.63, 3.8) is 0 Å². The second-order valence-corrected chi connectivity index (χ2v) is 7.94. The van der Waals surface area contributed by atoms with Gasteiger partial charge in [0.2, 0.25) is 0 Å². The monoisotopic (exact) mass is 461 g/mol. The fraction of sp³-hybridized carbons (Fsp3) is 0.0800. The van der Waals surface area contributed by atoms with Gasteiger partial charge in [0.15, 0.2) is 0 Å². The summed E-state index contributed by atoms with van der Waals surface area (Å²) >= 11 is 6.22. The van der Waals surface area contributed by atoms with E-state index in [1.165, 1.54) is 12.1 Å². The normalized spacial score (nSPS) is 13.5. The van der Waals surface area contributed by atoms with Crippen LogP contribution in [0.3, 0.4) is 0 Å². The number of imide groups is 1. The molecule has 0 aliphatic carbocycles. The molecule has 0 saturated carbocycles. The number of anilines is 3. The zero-order valence-corrected chi connectivity index (χ0v) is 18.6. The minimum Gasteiger partial charge on any atom is -0.508 e. The Morgan fingerprint density at radius 1 is 0.909 bits per heavy atom. The second kappa shape index (κ2) is 8.80. The lowest BCUT2D eigenvalue weighted by atomic mass is 10.1. The highest BCUT2D eigenvalue weighted by Crippen LogP contribution is 2.33. The number of phenols is 1. The van der Waals surface area contributed by atoms with Crippen LogP contribution in [-0.2, 0) is 9.59 Å². The second-order valence-electron chi connectivity index (χ2n) is 7.56. The molecule has 0 atom stereocenters. The number of carbonyl (C=O) groups excluding carboxylic acids is 3. The third-order valence-corrected chi connectivity index (χ3v) is 5.72. The maximum atomic E-state index is 13.0. The van der Waals surface area contributed by atoms with Gasteiger partial charge in [-0.2, -0.15) is 0 Å². The van der Waals surface area contributed by atoms with Crippen LogP contribution in [0.4, 0.5) is 17.1 Å². The van der Waals surface area contributed by atoms with E-state index in [0.717, 1.165) is 16.0 Å². The Morgan fingerprint density at radius 3 is 2.30 bits per heavy atom. The van der Waals surface area contributed by atoms with Crippen LogP contribution in [0.2, 0.25) is 0 Å².